The van der Waals surface area contributed by atoms with Crippen LogP contribution in [0.3, 0.4) is 0 Å². The van der Waals surface area contributed by atoms with Crippen molar-refractivity contribution in [1.29, 1.82) is 0 Å². The highest BCUT2D eigenvalue weighted by Crippen LogP contribution is 2.19. The summed E-state index contributed by atoms with van der Waals surface area (Å²) in [5.41, 5.74) is 4.40. The maximum Gasteiger partial charge on any atom is 0.216 e. The van der Waals surface area contributed by atoms with Gasteiger partial charge in [-0.25, -0.2) is 13.1 Å². The molecule has 0 atom stereocenters. The maximum atomic E-state index is 12.3. The number of sulfonamides is 1. The minimum absolute atomic E-state index is 0.0382. The molecule has 0 radical (unpaired) electrons. The van der Waals surface area contributed by atoms with Crippen LogP contribution in [-0.4, -0.2) is 13.4 Å². The van der Waals surface area contributed by atoms with Gasteiger partial charge in [0.05, 0.1) is 18.3 Å². The van der Waals surface area contributed by atoms with Crippen LogP contribution < -0.4 is 4.72 Å². The van der Waals surface area contributed by atoms with Gasteiger partial charge in [-0.1, -0.05) is 29.8 Å². The molecule has 0 saturated carbocycles. The highest BCUT2D eigenvalue weighted by molar-refractivity contribution is 7.88. The summed E-state index contributed by atoms with van der Waals surface area (Å²) in [4.78, 5) is 4.16. The molecule has 124 valence electrons. The third kappa shape index (κ3) is 4.31. The van der Waals surface area contributed by atoms with Gasteiger partial charge in [0.15, 0.2) is 0 Å². The summed E-state index contributed by atoms with van der Waals surface area (Å²) < 4.78 is 32.2. The van der Waals surface area contributed by atoms with E-state index >= 15 is 0 Å². The highest BCUT2D eigenvalue weighted by Gasteiger charge is 2.12. The SMILES string of the molecule is Cc1cccc(CS(=O)(=O)NCc2cncc(-c3ccoc3)c2)c1. The number of aromatic nitrogens is 1. The molecule has 0 amide bonds. The van der Waals surface area contributed by atoms with Crippen LogP contribution in [-0.2, 0) is 22.3 Å². The van der Waals surface area contributed by atoms with Gasteiger partial charge in [-0.3, -0.25) is 4.98 Å². The fourth-order valence-corrected chi connectivity index (χ4v) is 3.54. The van der Waals surface area contributed by atoms with Crippen LogP contribution in [0.1, 0.15) is 16.7 Å². The van der Waals surface area contributed by atoms with Gasteiger partial charge in [0.1, 0.15) is 0 Å². The van der Waals surface area contributed by atoms with Crippen molar-refractivity contribution in [2.24, 2.45) is 0 Å². The lowest BCUT2D eigenvalue weighted by molar-refractivity contribution is 0.568. The molecule has 0 spiro atoms. The van der Waals surface area contributed by atoms with Gasteiger partial charge < -0.3 is 4.42 Å². The summed E-state index contributed by atoms with van der Waals surface area (Å²) >= 11 is 0. The molecule has 5 nitrogen and oxygen atoms in total. The first-order valence-corrected chi connectivity index (χ1v) is 9.16. The summed E-state index contributed by atoms with van der Waals surface area (Å²) in [5, 5.41) is 0. The Morgan fingerprint density at radius 1 is 1.08 bits per heavy atom. The van der Waals surface area contributed by atoms with E-state index in [9.17, 15) is 8.42 Å². The fourth-order valence-electron chi connectivity index (χ4n) is 2.44. The Kier molecular flexibility index (Phi) is 4.78. The molecule has 0 fully saturated rings. The molecular formula is C18H18N2O3S. The predicted molar refractivity (Wildman–Crippen MR) is 92.6 cm³/mol. The Morgan fingerprint density at radius 2 is 1.96 bits per heavy atom. The van der Waals surface area contributed by atoms with Gasteiger partial charge in [0.25, 0.3) is 0 Å². The van der Waals surface area contributed by atoms with Gasteiger partial charge in [0, 0.05) is 30.1 Å². The molecule has 0 unspecified atom stereocenters. The molecular weight excluding hydrogens is 324 g/mol. The van der Waals surface area contributed by atoms with Gasteiger partial charge >= 0.3 is 0 Å². The van der Waals surface area contributed by atoms with Crippen LogP contribution in [0, 0.1) is 6.92 Å². The van der Waals surface area contributed by atoms with Crippen LogP contribution in [0.15, 0.2) is 65.7 Å². The van der Waals surface area contributed by atoms with E-state index in [0.717, 1.165) is 27.8 Å². The molecule has 0 aliphatic carbocycles. The van der Waals surface area contributed by atoms with E-state index in [-0.39, 0.29) is 12.3 Å². The van der Waals surface area contributed by atoms with Crippen molar-refractivity contribution < 1.29 is 12.8 Å². The largest absolute Gasteiger partial charge is 0.472 e. The monoisotopic (exact) mass is 342 g/mol. The number of hydrogen-bond donors (Lipinski definition) is 1. The summed E-state index contributed by atoms with van der Waals surface area (Å²) in [7, 11) is -3.41. The number of nitrogens with zero attached hydrogens (tertiary/aromatic N) is 1. The van der Waals surface area contributed by atoms with Crippen molar-refractivity contribution in [3.05, 3.63) is 78.0 Å². The standard InChI is InChI=1S/C18H18N2O3S/c1-14-3-2-4-15(7-14)13-24(21,22)20-10-16-8-18(11-19-9-16)17-5-6-23-12-17/h2-9,11-12,20H,10,13H2,1H3. The summed E-state index contributed by atoms with van der Waals surface area (Å²) in [6, 6.07) is 11.2. The lowest BCUT2D eigenvalue weighted by Crippen LogP contribution is -2.24. The minimum atomic E-state index is -3.41. The first kappa shape index (κ1) is 16.4. The summed E-state index contributed by atoms with van der Waals surface area (Å²) in [6.45, 7) is 2.14. The number of hydrogen-bond acceptors (Lipinski definition) is 4. The first-order valence-electron chi connectivity index (χ1n) is 7.51. The van der Waals surface area contributed by atoms with Crippen molar-refractivity contribution in [3.63, 3.8) is 0 Å². The fraction of sp³-hybridized carbons (Fsp3) is 0.167. The predicted octanol–water partition coefficient (Wildman–Crippen LogP) is 3.27. The van der Waals surface area contributed by atoms with Crippen molar-refractivity contribution in [2.45, 2.75) is 19.2 Å². The number of nitrogens with one attached hydrogen (secondary N) is 1. The van der Waals surface area contributed by atoms with E-state index in [0.29, 0.717) is 0 Å². The van der Waals surface area contributed by atoms with Gasteiger partial charge in [-0.2, -0.15) is 0 Å². The minimum Gasteiger partial charge on any atom is -0.472 e. The van der Waals surface area contributed by atoms with Gasteiger partial charge in [-0.15, -0.1) is 0 Å². The van der Waals surface area contributed by atoms with E-state index in [1.54, 1.807) is 24.9 Å². The maximum absolute atomic E-state index is 12.3. The second-order valence-electron chi connectivity index (χ2n) is 5.66. The first-order chi connectivity index (χ1) is 11.5. The second kappa shape index (κ2) is 6.98. The molecule has 0 bridgehead atoms. The molecule has 1 aromatic carbocycles. The number of rotatable bonds is 6. The quantitative estimate of drug-likeness (QED) is 0.746. The molecule has 0 saturated heterocycles. The zero-order valence-corrected chi connectivity index (χ0v) is 14.1. The zero-order chi connectivity index (χ0) is 17.0. The number of benzene rings is 1. The molecule has 2 aromatic heterocycles. The van der Waals surface area contributed by atoms with Crippen LogP contribution in [0.25, 0.3) is 11.1 Å². The average Bonchev–Trinajstić information content (AvgIpc) is 3.07. The Bertz CT molecular complexity index is 919. The van der Waals surface area contributed by atoms with Crippen molar-refractivity contribution in [2.75, 3.05) is 0 Å². The van der Waals surface area contributed by atoms with Gasteiger partial charge in [-0.05, 0) is 30.2 Å². The highest BCUT2D eigenvalue weighted by atomic mass is 32.2. The van der Waals surface area contributed by atoms with Crippen LogP contribution in [0.2, 0.25) is 0 Å². The average molecular weight is 342 g/mol. The molecule has 0 aliphatic rings. The van der Waals surface area contributed by atoms with E-state index in [1.807, 2.05) is 43.3 Å². The smallest absolute Gasteiger partial charge is 0.216 e. The summed E-state index contributed by atoms with van der Waals surface area (Å²) in [6.07, 6.45) is 6.59. The van der Waals surface area contributed by atoms with Crippen molar-refractivity contribution >= 4 is 10.0 Å². The van der Waals surface area contributed by atoms with Crippen molar-refractivity contribution in [3.8, 4) is 11.1 Å². The molecule has 3 aromatic rings. The lowest BCUT2D eigenvalue weighted by Gasteiger charge is -2.08. The zero-order valence-electron chi connectivity index (χ0n) is 13.3. The normalized spacial score (nSPS) is 11.5. The van der Waals surface area contributed by atoms with E-state index in [4.69, 9.17) is 4.42 Å². The summed E-state index contributed by atoms with van der Waals surface area (Å²) in [5.74, 6) is -0.0382. The lowest BCUT2D eigenvalue weighted by atomic mass is 10.1. The second-order valence-corrected chi connectivity index (χ2v) is 7.47. The third-order valence-corrected chi connectivity index (χ3v) is 4.88. The van der Waals surface area contributed by atoms with E-state index in [2.05, 4.69) is 9.71 Å². The third-order valence-electron chi connectivity index (χ3n) is 3.58. The Hall–Kier alpha value is -2.44. The van der Waals surface area contributed by atoms with Crippen LogP contribution in [0.4, 0.5) is 0 Å². The Labute approximate surface area is 141 Å². The molecule has 24 heavy (non-hydrogen) atoms. The van der Waals surface area contributed by atoms with Crippen molar-refractivity contribution in [1.82, 2.24) is 9.71 Å². The Morgan fingerprint density at radius 3 is 2.71 bits per heavy atom. The van der Waals surface area contributed by atoms with Gasteiger partial charge in [0.2, 0.25) is 10.0 Å². The molecule has 3 rings (SSSR count). The van der Waals surface area contributed by atoms with E-state index < -0.39 is 10.0 Å². The number of aryl methyl sites for hydroxylation is 1. The molecule has 1 N–H and O–H groups in total. The topological polar surface area (TPSA) is 72.2 Å². The number of pyridine rings is 1. The Balaban J connectivity index is 1.67. The number of furan rings is 1. The molecule has 0 aliphatic heterocycles. The molecule has 2 heterocycles. The van der Waals surface area contributed by atoms with E-state index in [1.165, 1.54) is 0 Å². The van der Waals surface area contributed by atoms with Crippen LogP contribution >= 0.6 is 0 Å². The van der Waals surface area contributed by atoms with Crippen LogP contribution in [0.5, 0.6) is 0 Å². The molecule has 6 heteroatoms.